The maximum atomic E-state index is 9.27. The van der Waals surface area contributed by atoms with E-state index < -0.39 is 0 Å². The summed E-state index contributed by atoms with van der Waals surface area (Å²) in [6.07, 6.45) is 6.18. The Bertz CT molecular complexity index is 411. The Hall–Kier alpha value is -0.930. The normalized spacial score (nSPS) is 20.9. The Morgan fingerprint density at radius 1 is 1.47 bits per heavy atom. The molecule has 0 saturated carbocycles. The van der Waals surface area contributed by atoms with Crippen LogP contribution in [0.3, 0.4) is 0 Å². The van der Waals surface area contributed by atoms with Crippen LogP contribution in [0.25, 0.3) is 0 Å². The molecule has 3 nitrogen and oxygen atoms in total. The quantitative estimate of drug-likeness (QED) is 0.877. The minimum absolute atomic E-state index is 0.148. The number of nitrogens with one attached hydrogen (secondary N) is 1. The summed E-state index contributed by atoms with van der Waals surface area (Å²) in [5.74, 6) is 0. The smallest absolute Gasteiger partial charge is 0.0605 e. The highest BCUT2D eigenvalue weighted by Gasteiger charge is 2.29. The Balaban J connectivity index is 2.15. The minimum Gasteiger partial charge on any atom is -0.396 e. The fourth-order valence-corrected chi connectivity index (χ4v) is 2.91. The molecule has 0 amide bonds. The van der Waals surface area contributed by atoms with Crippen LogP contribution < -0.4 is 5.32 Å². The van der Waals surface area contributed by atoms with Crippen molar-refractivity contribution in [3.63, 3.8) is 0 Å². The lowest BCUT2D eigenvalue weighted by atomic mass is 9.83. The van der Waals surface area contributed by atoms with Crippen LogP contribution in [0.2, 0.25) is 0 Å². The number of aromatic nitrogens is 1. The van der Waals surface area contributed by atoms with E-state index >= 15 is 0 Å². The number of pyridine rings is 1. The monoisotopic (exact) mass is 262 g/mol. The molecule has 2 atom stereocenters. The van der Waals surface area contributed by atoms with E-state index in [1.807, 2.05) is 12.3 Å². The first kappa shape index (κ1) is 14.5. The maximum absolute atomic E-state index is 9.27. The van der Waals surface area contributed by atoms with Gasteiger partial charge in [0.25, 0.3) is 0 Å². The number of hydrogen-bond acceptors (Lipinski definition) is 3. The van der Waals surface area contributed by atoms with E-state index in [1.54, 1.807) is 0 Å². The molecule has 1 aliphatic carbocycles. The molecule has 0 radical (unpaired) electrons. The SMILES string of the molecule is CC(C)(C)C(CCO)NC1CCCc2cccnc21. The average Bonchev–Trinajstić information content (AvgIpc) is 2.37. The molecule has 2 rings (SSSR count). The van der Waals surface area contributed by atoms with E-state index in [0.717, 1.165) is 19.3 Å². The summed E-state index contributed by atoms with van der Waals surface area (Å²) in [6, 6.07) is 4.86. The number of aliphatic hydroxyl groups is 1. The molecule has 1 aromatic heterocycles. The summed E-state index contributed by atoms with van der Waals surface area (Å²) in [5.41, 5.74) is 2.73. The van der Waals surface area contributed by atoms with Crippen LogP contribution in [-0.4, -0.2) is 22.7 Å². The molecule has 19 heavy (non-hydrogen) atoms. The predicted molar refractivity (Wildman–Crippen MR) is 78.0 cm³/mol. The molecule has 1 heterocycles. The number of rotatable bonds is 4. The van der Waals surface area contributed by atoms with Gasteiger partial charge in [0.1, 0.15) is 0 Å². The van der Waals surface area contributed by atoms with Gasteiger partial charge >= 0.3 is 0 Å². The summed E-state index contributed by atoms with van der Waals surface area (Å²) in [4.78, 5) is 4.57. The molecule has 1 aliphatic rings. The van der Waals surface area contributed by atoms with E-state index in [4.69, 9.17) is 0 Å². The van der Waals surface area contributed by atoms with Crippen LogP contribution in [-0.2, 0) is 6.42 Å². The van der Waals surface area contributed by atoms with Gasteiger partial charge in [0.2, 0.25) is 0 Å². The van der Waals surface area contributed by atoms with Gasteiger partial charge in [-0.25, -0.2) is 0 Å². The molecule has 0 bridgehead atoms. The van der Waals surface area contributed by atoms with E-state index in [1.165, 1.54) is 17.7 Å². The van der Waals surface area contributed by atoms with Crippen molar-refractivity contribution in [2.75, 3.05) is 6.61 Å². The second-order valence-electron chi connectivity index (χ2n) is 6.59. The van der Waals surface area contributed by atoms with Crippen LogP contribution in [0.1, 0.15) is 57.3 Å². The highest BCUT2D eigenvalue weighted by Crippen LogP contribution is 2.31. The molecule has 0 aromatic carbocycles. The first-order valence-corrected chi connectivity index (χ1v) is 7.33. The third-order valence-electron chi connectivity index (χ3n) is 4.06. The first-order valence-electron chi connectivity index (χ1n) is 7.33. The molecule has 106 valence electrons. The Morgan fingerprint density at radius 3 is 2.95 bits per heavy atom. The standard InChI is InChI=1S/C16H26N2O/c1-16(2,3)14(9-11-19)18-13-8-4-6-12-7-5-10-17-15(12)13/h5,7,10,13-14,18-19H,4,6,8-9,11H2,1-3H3. The molecule has 0 fully saturated rings. The van der Waals surface area contributed by atoms with Gasteiger partial charge in [-0.15, -0.1) is 0 Å². The van der Waals surface area contributed by atoms with Gasteiger partial charge in [-0.2, -0.15) is 0 Å². The number of nitrogens with zero attached hydrogens (tertiary/aromatic N) is 1. The number of aliphatic hydroxyl groups excluding tert-OH is 1. The molecule has 0 spiro atoms. The minimum atomic E-state index is 0.148. The zero-order valence-electron chi connectivity index (χ0n) is 12.3. The lowest BCUT2D eigenvalue weighted by molar-refractivity contribution is 0.180. The third kappa shape index (κ3) is 3.54. The third-order valence-corrected chi connectivity index (χ3v) is 4.06. The van der Waals surface area contributed by atoms with Crippen molar-refractivity contribution in [3.05, 3.63) is 29.6 Å². The van der Waals surface area contributed by atoms with Crippen molar-refractivity contribution >= 4 is 0 Å². The van der Waals surface area contributed by atoms with Crippen molar-refractivity contribution in [2.24, 2.45) is 5.41 Å². The number of hydrogen-bond donors (Lipinski definition) is 2. The molecular weight excluding hydrogens is 236 g/mol. The van der Waals surface area contributed by atoms with E-state index in [9.17, 15) is 5.11 Å². The van der Waals surface area contributed by atoms with Crippen molar-refractivity contribution in [1.82, 2.24) is 10.3 Å². The lowest BCUT2D eigenvalue weighted by Crippen LogP contribution is -2.44. The largest absolute Gasteiger partial charge is 0.396 e. The van der Waals surface area contributed by atoms with Crippen molar-refractivity contribution in [1.29, 1.82) is 0 Å². The van der Waals surface area contributed by atoms with Crippen molar-refractivity contribution in [2.45, 2.75) is 58.5 Å². The summed E-state index contributed by atoms with van der Waals surface area (Å²) in [5, 5.41) is 13.0. The molecule has 3 heteroatoms. The molecule has 0 saturated heterocycles. The van der Waals surface area contributed by atoms with Gasteiger partial charge in [-0.3, -0.25) is 4.98 Å². The Labute approximate surface area is 116 Å². The average molecular weight is 262 g/mol. The predicted octanol–water partition coefficient (Wildman–Crippen LogP) is 2.85. The van der Waals surface area contributed by atoms with E-state index in [2.05, 4.69) is 37.1 Å². The summed E-state index contributed by atoms with van der Waals surface area (Å²) >= 11 is 0. The summed E-state index contributed by atoms with van der Waals surface area (Å²) in [7, 11) is 0. The molecule has 1 aromatic rings. The van der Waals surface area contributed by atoms with Gasteiger partial charge in [0.15, 0.2) is 0 Å². The second-order valence-corrected chi connectivity index (χ2v) is 6.59. The second kappa shape index (κ2) is 6.02. The van der Waals surface area contributed by atoms with Gasteiger partial charge < -0.3 is 10.4 Å². The van der Waals surface area contributed by atoms with Crippen LogP contribution in [0.4, 0.5) is 0 Å². The zero-order chi connectivity index (χ0) is 13.9. The topological polar surface area (TPSA) is 45.1 Å². The molecule has 2 N–H and O–H groups in total. The molecule has 2 unspecified atom stereocenters. The lowest BCUT2D eigenvalue weighted by Gasteiger charge is -2.36. The van der Waals surface area contributed by atoms with Gasteiger partial charge in [-0.05, 0) is 42.7 Å². The van der Waals surface area contributed by atoms with Crippen molar-refractivity contribution < 1.29 is 5.11 Å². The fourth-order valence-electron chi connectivity index (χ4n) is 2.91. The number of aryl methyl sites for hydroxylation is 1. The molecular formula is C16H26N2O. The fraction of sp³-hybridized carbons (Fsp3) is 0.688. The van der Waals surface area contributed by atoms with Gasteiger partial charge in [0.05, 0.1) is 5.69 Å². The van der Waals surface area contributed by atoms with E-state index in [-0.39, 0.29) is 12.0 Å². The highest BCUT2D eigenvalue weighted by molar-refractivity contribution is 5.25. The summed E-state index contributed by atoms with van der Waals surface area (Å²) < 4.78 is 0. The van der Waals surface area contributed by atoms with Crippen LogP contribution >= 0.6 is 0 Å². The van der Waals surface area contributed by atoms with Crippen LogP contribution in [0, 0.1) is 5.41 Å². The maximum Gasteiger partial charge on any atom is 0.0605 e. The van der Waals surface area contributed by atoms with Gasteiger partial charge in [0, 0.05) is 24.9 Å². The number of fused-ring (bicyclic) bond motifs is 1. The van der Waals surface area contributed by atoms with Gasteiger partial charge in [-0.1, -0.05) is 26.8 Å². The molecule has 0 aliphatic heterocycles. The van der Waals surface area contributed by atoms with E-state index in [0.29, 0.717) is 12.1 Å². The highest BCUT2D eigenvalue weighted by atomic mass is 16.3. The zero-order valence-corrected chi connectivity index (χ0v) is 12.3. The van der Waals surface area contributed by atoms with Crippen molar-refractivity contribution in [3.8, 4) is 0 Å². The van der Waals surface area contributed by atoms with Crippen LogP contribution in [0.15, 0.2) is 18.3 Å². The first-order chi connectivity index (χ1) is 9.02. The summed E-state index contributed by atoms with van der Waals surface area (Å²) in [6.45, 7) is 6.91. The Kier molecular flexibility index (Phi) is 4.58. The Morgan fingerprint density at radius 2 is 2.26 bits per heavy atom. The van der Waals surface area contributed by atoms with Crippen LogP contribution in [0.5, 0.6) is 0 Å².